The molecule has 4 amide bonds. The number of rotatable bonds is 5. The van der Waals surface area contributed by atoms with Crippen molar-refractivity contribution in [1.82, 2.24) is 5.32 Å². The standard InChI is InChI=1S/C25H15BrFIN2O6/c26-18-8-14(9-19(28)22(18)34-11-13-1-6-20-21(10-13)36-12-35-20)7-17-23(31)29-25(33)30(24(17)32)16-4-2-15(27)3-5-16/h1-10H,11-12H2,(H,29,31,33)/b17-7+. The van der Waals surface area contributed by atoms with Gasteiger partial charge in [-0.3, -0.25) is 14.9 Å². The van der Waals surface area contributed by atoms with Crippen molar-refractivity contribution in [2.45, 2.75) is 6.61 Å². The number of carbonyl (C=O) groups excluding carboxylic acids is 3. The van der Waals surface area contributed by atoms with Crippen LogP contribution in [0.1, 0.15) is 11.1 Å². The van der Waals surface area contributed by atoms with Crippen molar-refractivity contribution >= 4 is 68.1 Å². The van der Waals surface area contributed by atoms with Crippen LogP contribution in [-0.2, 0) is 16.2 Å². The topological polar surface area (TPSA) is 94.2 Å². The number of benzene rings is 3. The van der Waals surface area contributed by atoms with Crippen molar-refractivity contribution in [2.75, 3.05) is 11.7 Å². The largest absolute Gasteiger partial charge is 0.487 e. The average Bonchev–Trinajstić information content (AvgIpc) is 3.30. The fourth-order valence-corrected chi connectivity index (χ4v) is 5.40. The second kappa shape index (κ2) is 9.90. The van der Waals surface area contributed by atoms with Gasteiger partial charge in [0.15, 0.2) is 11.5 Å². The van der Waals surface area contributed by atoms with Crippen LogP contribution in [0.2, 0.25) is 0 Å². The van der Waals surface area contributed by atoms with Crippen LogP contribution >= 0.6 is 38.5 Å². The normalized spacial score (nSPS) is 15.9. The first-order valence-corrected chi connectivity index (χ1v) is 12.3. The van der Waals surface area contributed by atoms with E-state index in [2.05, 4.69) is 43.8 Å². The smallest absolute Gasteiger partial charge is 0.335 e. The molecule has 0 radical (unpaired) electrons. The number of hydrogen-bond acceptors (Lipinski definition) is 6. The molecule has 182 valence electrons. The van der Waals surface area contributed by atoms with Gasteiger partial charge in [0.1, 0.15) is 23.7 Å². The number of nitrogens with one attached hydrogen (secondary N) is 1. The summed E-state index contributed by atoms with van der Waals surface area (Å²) in [5.41, 5.74) is 1.33. The Hall–Kier alpha value is -3.45. The third-order valence-corrected chi connectivity index (χ3v) is 6.73. The predicted molar refractivity (Wildman–Crippen MR) is 139 cm³/mol. The van der Waals surface area contributed by atoms with Crippen molar-refractivity contribution in [3.05, 3.63) is 85.2 Å². The third-order valence-electron chi connectivity index (χ3n) is 5.34. The number of ether oxygens (including phenoxy) is 3. The van der Waals surface area contributed by atoms with Gasteiger partial charge in [-0.05, 0) is 104 Å². The number of halogens is 3. The Bertz CT molecular complexity index is 1420. The number of hydrogen-bond donors (Lipinski definition) is 1. The second-order valence-electron chi connectivity index (χ2n) is 7.72. The molecule has 3 aromatic rings. The molecule has 11 heteroatoms. The van der Waals surface area contributed by atoms with Crippen LogP contribution in [0.5, 0.6) is 17.2 Å². The maximum atomic E-state index is 13.3. The molecule has 1 fully saturated rings. The Morgan fingerprint density at radius 2 is 1.81 bits per heavy atom. The molecule has 8 nitrogen and oxygen atoms in total. The molecule has 1 saturated heterocycles. The molecule has 0 aromatic heterocycles. The van der Waals surface area contributed by atoms with Gasteiger partial charge in [-0.1, -0.05) is 6.07 Å². The predicted octanol–water partition coefficient (Wildman–Crippen LogP) is 5.17. The van der Waals surface area contributed by atoms with E-state index in [1.165, 1.54) is 18.2 Å². The van der Waals surface area contributed by atoms with Gasteiger partial charge in [-0.2, -0.15) is 0 Å². The lowest BCUT2D eigenvalue weighted by Crippen LogP contribution is -2.54. The maximum absolute atomic E-state index is 13.3. The van der Waals surface area contributed by atoms with Crippen LogP contribution in [0.4, 0.5) is 14.9 Å². The van der Waals surface area contributed by atoms with Crippen LogP contribution in [0.25, 0.3) is 6.08 Å². The summed E-state index contributed by atoms with van der Waals surface area (Å²) >= 11 is 5.59. The minimum atomic E-state index is -0.906. The van der Waals surface area contributed by atoms with Crippen molar-refractivity contribution in [1.29, 1.82) is 0 Å². The fourth-order valence-electron chi connectivity index (χ4n) is 3.64. The third kappa shape index (κ3) is 4.80. The number of barbiturate groups is 1. The molecule has 5 rings (SSSR count). The summed E-state index contributed by atoms with van der Waals surface area (Å²) in [6.45, 7) is 0.470. The van der Waals surface area contributed by atoms with Crippen molar-refractivity contribution in [3.63, 3.8) is 0 Å². The van der Waals surface area contributed by atoms with E-state index < -0.39 is 23.7 Å². The summed E-state index contributed by atoms with van der Waals surface area (Å²) in [5.74, 6) is -0.223. The number of anilines is 1. The van der Waals surface area contributed by atoms with Crippen LogP contribution < -0.4 is 24.4 Å². The quantitative estimate of drug-likeness (QED) is 0.230. The lowest BCUT2D eigenvalue weighted by molar-refractivity contribution is -0.122. The second-order valence-corrected chi connectivity index (χ2v) is 9.74. The van der Waals surface area contributed by atoms with Gasteiger partial charge >= 0.3 is 6.03 Å². The number of fused-ring (bicyclic) bond motifs is 1. The Morgan fingerprint density at radius 1 is 1.06 bits per heavy atom. The Kier molecular flexibility index (Phi) is 6.67. The van der Waals surface area contributed by atoms with Gasteiger partial charge in [0.25, 0.3) is 11.8 Å². The van der Waals surface area contributed by atoms with Crippen LogP contribution in [-0.4, -0.2) is 24.6 Å². The molecule has 0 spiro atoms. The van der Waals surface area contributed by atoms with Gasteiger partial charge in [0.2, 0.25) is 6.79 Å². The molecular formula is C25H15BrFIN2O6. The highest BCUT2D eigenvalue weighted by Gasteiger charge is 2.36. The van der Waals surface area contributed by atoms with E-state index in [9.17, 15) is 18.8 Å². The minimum absolute atomic E-state index is 0.139. The summed E-state index contributed by atoms with van der Waals surface area (Å²) in [7, 11) is 0. The number of carbonyl (C=O) groups is 3. The van der Waals surface area contributed by atoms with Crippen LogP contribution in [0, 0.1) is 9.39 Å². The first-order valence-electron chi connectivity index (χ1n) is 10.5. The van der Waals surface area contributed by atoms with Crippen molar-refractivity contribution in [2.24, 2.45) is 0 Å². The Labute approximate surface area is 226 Å². The van der Waals surface area contributed by atoms with Crippen LogP contribution in [0.3, 0.4) is 0 Å². The van der Waals surface area contributed by atoms with Crippen LogP contribution in [0.15, 0.2) is 64.6 Å². The number of amides is 4. The molecule has 0 unspecified atom stereocenters. The highest BCUT2D eigenvalue weighted by molar-refractivity contribution is 14.1. The molecule has 1 N–H and O–H groups in total. The lowest BCUT2D eigenvalue weighted by Gasteiger charge is -2.26. The zero-order valence-corrected chi connectivity index (χ0v) is 22.0. The van der Waals surface area contributed by atoms with E-state index in [0.29, 0.717) is 27.3 Å². The number of nitrogens with zero attached hydrogens (tertiary/aromatic N) is 1. The molecule has 3 aromatic carbocycles. The summed E-state index contributed by atoms with van der Waals surface area (Å²) in [6.07, 6.45) is 1.38. The van der Waals surface area contributed by atoms with E-state index in [1.54, 1.807) is 12.1 Å². The molecule has 36 heavy (non-hydrogen) atoms. The summed E-state index contributed by atoms with van der Waals surface area (Å²) in [6, 6.07) is 12.9. The minimum Gasteiger partial charge on any atom is -0.487 e. The van der Waals surface area contributed by atoms with Crippen molar-refractivity contribution in [3.8, 4) is 17.2 Å². The SMILES string of the molecule is O=C1NC(=O)N(c2ccc(F)cc2)C(=O)/C1=C/c1cc(Br)c(OCc2ccc3c(c2)OCO3)c(I)c1. The molecular weight excluding hydrogens is 650 g/mol. The summed E-state index contributed by atoms with van der Waals surface area (Å²) in [5, 5.41) is 2.15. The maximum Gasteiger partial charge on any atom is 0.335 e. The van der Waals surface area contributed by atoms with Gasteiger partial charge in [0, 0.05) is 0 Å². The molecule has 2 aliphatic rings. The summed E-state index contributed by atoms with van der Waals surface area (Å²) < 4.78 is 31.3. The highest BCUT2D eigenvalue weighted by atomic mass is 127. The van der Waals surface area contributed by atoms with Gasteiger partial charge < -0.3 is 14.2 Å². The highest BCUT2D eigenvalue weighted by Crippen LogP contribution is 2.36. The molecule has 2 heterocycles. The van der Waals surface area contributed by atoms with E-state index in [-0.39, 0.29) is 24.7 Å². The number of urea groups is 1. The zero-order chi connectivity index (χ0) is 25.4. The molecule has 0 atom stereocenters. The average molecular weight is 665 g/mol. The number of imide groups is 2. The van der Waals surface area contributed by atoms with Gasteiger partial charge in [-0.15, -0.1) is 0 Å². The van der Waals surface area contributed by atoms with E-state index in [4.69, 9.17) is 14.2 Å². The van der Waals surface area contributed by atoms with E-state index in [0.717, 1.165) is 26.2 Å². The van der Waals surface area contributed by atoms with E-state index >= 15 is 0 Å². The Morgan fingerprint density at radius 3 is 2.56 bits per heavy atom. The lowest BCUT2D eigenvalue weighted by atomic mass is 10.1. The zero-order valence-electron chi connectivity index (χ0n) is 18.2. The van der Waals surface area contributed by atoms with Gasteiger partial charge in [0.05, 0.1) is 13.7 Å². The first kappa shape index (κ1) is 24.3. The van der Waals surface area contributed by atoms with Gasteiger partial charge in [-0.25, -0.2) is 14.1 Å². The van der Waals surface area contributed by atoms with Crippen molar-refractivity contribution < 1.29 is 33.0 Å². The Balaban J connectivity index is 1.38. The van der Waals surface area contributed by atoms with E-state index in [1.807, 2.05) is 18.2 Å². The summed E-state index contributed by atoms with van der Waals surface area (Å²) in [4.78, 5) is 38.6. The first-order chi connectivity index (χ1) is 17.3. The monoisotopic (exact) mass is 664 g/mol. The molecule has 0 bridgehead atoms. The fraction of sp³-hybridized carbons (Fsp3) is 0.0800. The molecule has 0 saturated carbocycles. The molecule has 0 aliphatic carbocycles. The molecule has 2 aliphatic heterocycles.